The highest BCUT2D eigenvalue weighted by molar-refractivity contribution is 6.30. The molecular formula is C23H17ClN4O2. The lowest BCUT2D eigenvalue weighted by Gasteiger charge is -2.09. The first-order valence-electron chi connectivity index (χ1n) is 9.37. The molecule has 0 aliphatic rings. The Morgan fingerprint density at radius 1 is 1.07 bits per heavy atom. The third-order valence-corrected chi connectivity index (χ3v) is 5.37. The van der Waals surface area contributed by atoms with Gasteiger partial charge in [0, 0.05) is 29.0 Å². The van der Waals surface area contributed by atoms with Crippen molar-refractivity contribution < 1.29 is 4.74 Å². The van der Waals surface area contributed by atoms with Gasteiger partial charge >= 0.3 is 0 Å². The van der Waals surface area contributed by atoms with Gasteiger partial charge in [-0.1, -0.05) is 29.8 Å². The molecule has 148 valence electrons. The lowest BCUT2D eigenvalue weighted by molar-refractivity contribution is 0.414. The van der Waals surface area contributed by atoms with E-state index >= 15 is 0 Å². The number of ether oxygens (including phenoxy) is 1. The number of nitrogens with zero attached hydrogens (tertiary/aromatic N) is 4. The molecule has 0 bridgehead atoms. The second-order valence-corrected chi connectivity index (χ2v) is 7.39. The second kappa shape index (κ2) is 7.00. The van der Waals surface area contributed by atoms with E-state index in [4.69, 9.17) is 16.3 Å². The maximum absolute atomic E-state index is 13.2. The average Bonchev–Trinajstić information content (AvgIpc) is 3.10. The van der Waals surface area contributed by atoms with E-state index in [2.05, 4.69) is 10.1 Å². The number of aryl methyl sites for hydroxylation is 1. The molecular weight excluding hydrogens is 400 g/mol. The zero-order valence-corrected chi connectivity index (χ0v) is 17.1. The topological polar surface area (TPSA) is 61.4 Å². The smallest absolute Gasteiger partial charge is 0.266 e. The van der Waals surface area contributed by atoms with Crippen LogP contribution < -0.4 is 10.3 Å². The third kappa shape index (κ3) is 2.84. The first-order valence-corrected chi connectivity index (χ1v) is 9.74. The molecule has 0 N–H and O–H groups in total. The first kappa shape index (κ1) is 18.4. The molecule has 2 aromatic carbocycles. The van der Waals surface area contributed by atoms with Crippen molar-refractivity contribution >= 4 is 28.2 Å². The summed E-state index contributed by atoms with van der Waals surface area (Å²) in [7, 11) is 1.60. The molecule has 0 spiro atoms. The molecule has 0 amide bonds. The molecule has 6 nitrogen and oxygen atoms in total. The largest absolute Gasteiger partial charge is 0.497 e. The molecule has 0 atom stereocenters. The van der Waals surface area contributed by atoms with E-state index < -0.39 is 0 Å². The van der Waals surface area contributed by atoms with Gasteiger partial charge in [-0.3, -0.25) is 9.36 Å². The third-order valence-electron chi connectivity index (χ3n) is 5.13. The zero-order chi connectivity index (χ0) is 20.8. The molecule has 0 unspecified atom stereocenters. The van der Waals surface area contributed by atoms with Crippen LogP contribution in [-0.2, 0) is 0 Å². The second-order valence-electron chi connectivity index (χ2n) is 6.96. The lowest BCUT2D eigenvalue weighted by atomic mass is 10.1. The molecule has 0 aliphatic heterocycles. The van der Waals surface area contributed by atoms with Crippen molar-refractivity contribution in [1.82, 2.24) is 19.2 Å². The van der Waals surface area contributed by atoms with Crippen molar-refractivity contribution in [3.8, 4) is 22.6 Å². The summed E-state index contributed by atoms with van der Waals surface area (Å²) in [5.74, 6) is 0.682. The summed E-state index contributed by atoms with van der Waals surface area (Å²) < 4.78 is 8.57. The van der Waals surface area contributed by atoms with Crippen LogP contribution in [0.2, 0.25) is 5.02 Å². The number of hydrogen-bond acceptors (Lipinski definition) is 4. The predicted octanol–water partition coefficient (Wildman–Crippen LogP) is 4.67. The van der Waals surface area contributed by atoms with Crippen LogP contribution in [0.5, 0.6) is 5.75 Å². The van der Waals surface area contributed by atoms with E-state index in [9.17, 15) is 4.79 Å². The van der Waals surface area contributed by atoms with Gasteiger partial charge in [0.15, 0.2) is 5.65 Å². The van der Waals surface area contributed by atoms with Crippen LogP contribution >= 0.6 is 11.6 Å². The predicted molar refractivity (Wildman–Crippen MR) is 118 cm³/mol. The highest BCUT2D eigenvalue weighted by Crippen LogP contribution is 2.30. The van der Waals surface area contributed by atoms with E-state index in [1.807, 2.05) is 61.5 Å². The Bertz CT molecular complexity index is 1490. The SMILES string of the molecule is COc1cccc(-n2ccc3c(cnc4c(-c5cccc(Cl)c5)c(C)nn43)c2=O)c1. The molecule has 30 heavy (non-hydrogen) atoms. The Balaban J connectivity index is 1.75. The number of halogens is 1. The standard InChI is InChI=1S/C23H17ClN4O2/c1-14-21(15-5-3-6-16(24)11-15)22-25-13-19-20(28(22)26-14)9-10-27(23(19)29)17-7-4-8-18(12-17)30-2/h3-13H,1-2H3. The van der Waals surface area contributed by atoms with E-state index in [-0.39, 0.29) is 5.56 Å². The summed E-state index contributed by atoms with van der Waals surface area (Å²) >= 11 is 6.18. The summed E-state index contributed by atoms with van der Waals surface area (Å²) in [5.41, 5.74) is 4.57. The van der Waals surface area contributed by atoms with Crippen LogP contribution in [-0.4, -0.2) is 26.3 Å². The van der Waals surface area contributed by atoms with Crippen molar-refractivity contribution in [2.45, 2.75) is 6.92 Å². The number of pyridine rings is 1. The fourth-order valence-corrected chi connectivity index (χ4v) is 3.91. The minimum absolute atomic E-state index is 0.174. The fraction of sp³-hybridized carbons (Fsp3) is 0.0870. The van der Waals surface area contributed by atoms with Gasteiger partial charge in [-0.2, -0.15) is 5.10 Å². The number of methoxy groups -OCH3 is 1. The minimum atomic E-state index is -0.174. The molecule has 0 saturated heterocycles. The van der Waals surface area contributed by atoms with Crippen LogP contribution in [0.4, 0.5) is 0 Å². The van der Waals surface area contributed by atoms with Gasteiger partial charge < -0.3 is 4.74 Å². The molecule has 5 aromatic rings. The van der Waals surface area contributed by atoms with Gasteiger partial charge in [0.2, 0.25) is 0 Å². The van der Waals surface area contributed by atoms with Crippen molar-refractivity contribution in [2.24, 2.45) is 0 Å². The number of fused-ring (bicyclic) bond motifs is 3. The first-order chi connectivity index (χ1) is 14.6. The maximum atomic E-state index is 13.2. The molecule has 5 rings (SSSR count). The van der Waals surface area contributed by atoms with Gasteiger partial charge in [0.05, 0.1) is 29.4 Å². The molecule has 3 heterocycles. The number of aromatic nitrogens is 4. The Morgan fingerprint density at radius 2 is 1.90 bits per heavy atom. The Morgan fingerprint density at radius 3 is 2.70 bits per heavy atom. The molecule has 7 heteroatoms. The van der Waals surface area contributed by atoms with Crippen molar-refractivity contribution in [2.75, 3.05) is 7.11 Å². The van der Waals surface area contributed by atoms with E-state index in [1.165, 1.54) is 0 Å². The van der Waals surface area contributed by atoms with Gasteiger partial charge in [-0.25, -0.2) is 9.50 Å². The lowest BCUT2D eigenvalue weighted by Crippen LogP contribution is -2.18. The van der Waals surface area contributed by atoms with Crippen LogP contribution in [0.3, 0.4) is 0 Å². The maximum Gasteiger partial charge on any atom is 0.266 e. The summed E-state index contributed by atoms with van der Waals surface area (Å²) in [6, 6.07) is 16.8. The highest BCUT2D eigenvalue weighted by Gasteiger charge is 2.17. The average molecular weight is 417 g/mol. The molecule has 3 aromatic heterocycles. The molecule has 0 radical (unpaired) electrons. The summed E-state index contributed by atoms with van der Waals surface area (Å²) in [6.45, 7) is 1.92. The number of hydrogen-bond donors (Lipinski definition) is 0. The van der Waals surface area contributed by atoms with Gasteiger partial charge in [-0.05, 0) is 42.8 Å². The normalized spacial score (nSPS) is 11.3. The Kier molecular flexibility index (Phi) is 4.29. The number of rotatable bonds is 3. The summed E-state index contributed by atoms with van der Waals surface area (Å²) in [5, 5.41) is 5.79. The van der Waals surface area contributed by atoms with E-state index in [0.29, 0.717) is 27.3 Å². The monoisotopic (exact) mass is 416 g/mol. The molecule has 0 fully saturated rings. The van der Waals surface area contributed by atoms with Crippen LogP contribution in [0, 0.1) is 6.92 Å². The Labute approximate surface area is 176 Å². The molecule has 0 aliphatic carbocycles. The van der Waals surface area contributed by atoms with Crippen molar-refractivity contribution in [3.63, 3.8) is 0 Å². The minimum Gasteiger partial charge on any atom is -0.497 e. The highest BCUT2D eigenvalue weighted by atomic mass is 35.5. The van der Waals surface area contributed by atoms with E-state index in [0.717, 1.165) is 22.5 Å². The zero-order valence-electron chi connectivity index (χ0n) is 16.3. The van der Waals surface area contributed by atoms with Gasteiger partial charge in [-0.15, -0.1) is 0 Å². The van der Waals surface area contributed by atoms with Crippen LogP contribution in [0.25, 0.3) is 33.4 Å². The van der Waals surface area contributed by atoms with E-state index in [1.54, 1.807) is 28.6 Å². The molecule has 0 saturated carbocycles. The van der Waals surface area contributed by atoms with Crippen LogP contribution in [0.1, 0.15) is 5.69 Å². The quantitative estimate of drug-likeness (QED) is 0.428. The summed E-state index contributed by atoms with van der Waals surface area (Å²) in [6.07, 6.45) is 3.35. The van der Waals surface area contributed by atoms with Crippen molar-refractivity contribution in [3.05, 3.63) is 88.1 Å². The number of benzene rings is 2. The van der Waals surface area contributed by atoms with Crippen LogP contribution in [0.15, 0.2) is 71.8 Å². The summed E-state index contributed by atoms with van der Waals surface area (Å²) in [4.78, 5) is 17.8. The Hall–Kier alpha value is -3.64. The van der Waals surface area contributed by atoms with Gasteiger partial charge in [0.1, 0.15) is 5.75 Å². The van der Waals surface area contributed by atoms with Crippen molar-refractivity contribution in [1.29, 1.82) is 0 Å². The fourth-order valence-electron chi connectivity index (χ4n) is 3.72. The van der Waals surface area contributed by atoms with Gasteiger partial charge in [0.25, 0.3) is 5.56 Å².